The van der Waals surface area contributed by atoms with Gasteiger partial charge < -0.3 is 0 Å². The van der Waals surface area contributed by atoms with Gasteiger partial charge in [-0.1, -0.05) is 23.8 Å². The lowest BCUT2D eigenvalue weighted by Gasteiger charge is -2.07. The van der Waals surface area contributed by atoms with Crippen molar-refractivity contribution in [3.63, 3.8) is 0 Å². The van der Waals surface area contributed by atoms with Crippen LogP contribution in [0.15, 0.2) is 36.4 Å². The Morgan fingerprint density at radius 2 is 2.00 bits per heavy atom. The van der Waals surface area contributed by atoms with Gasteiger partial charge in [-0.15, -0.1) is 0 Å². The number of nitriles is 1. The van der Waals surface area contributed by atoms with Gasteiger partial charge in [0, 0.05) is 5.56 Å². The van der Waals surface area contributed by atoms with Crippen LogP contribution in [0.5, 0.6) is 0 Å². The number of nitrogens with zero attached hydrogens (tertiary/aromatic N) is 2. The third-order valence-corrected chi connectivity index (χ3v) is 2.74. The lowest BCUT2D eigenvalue weighted by Crippen LogP contribution is -1.92. The van der Waals surface area contributed by atoms with E-state index < -0.39 is 0 Å². The van der Waals surface area contributed by atoms with E-state index in [1.807, 2.05) is 18.2 Å². The van der Waals surface area contributed by atoms with Gasteiger partial charge in [-0.05, 0) is 37.6 Å². The van der Waals surface area contributed by atoms with Crippen molar-refractivity contribution in [2.24, 2.45) is 0 Å². The second kappa shape index (κ2) is 4.80. The van der Waals surface area contributed by atoms with Gasteiger partial charge in [0.2, 0.25) is 0 Å². The van der Waals surface area contributed by atoms with Crippen molar-refractivity contribution < 1.29 is 0 Å². The van der Waals surface area contributed by atoms with Gasteiger partial charge in [-0.3, -0.25) is 4.98 Å². The number of aromatic nitrogens is 1. The molecule has 0 saturated carbocycles. The first-order chi connectivity index (χ1) is 8.20. The highest BCUT2D eigenvalue weighted by Crippen LogP contribution is 2.22. The zero-order chi connectivity index (χ0) is 12.3. The second-order valence-corrected chi connectivity index (χ2v) is 4.17. The molecule has 17 heavy (non-hydrogen) atoms. The standard InChI is InChI=1S/C15H14N2/c1-11-6-7-12(2)14(10-11)15-5-3-4-13(17-15)8-9-16/h3-7,10H,8H2,1-2H3. The van der Waals surface area contributed by atoms with Crippen molar-refractivity contribution in [2.75, 3.05) is 0 Å². The van der Waals surface area contributed by atoms with E-state index in [0.717, 1.165) is 17.0 Å². The summed E-state index contributed by atoms with van der Waals surface area (Å²) in [5.74, 6) is 0. The first-order valence-corrected chi connectivity index (χ1v) is 5.61. The van der Waals surface area contributed by atoms with Crippen LogP contribution in [0.3, 0.4) is 0 Å². The van der Waals surface area contributed by atoms with Crippen molar-refractivity contribution in [3.05, 3.63) is 53.2 Å². The van der Waals surface area contributed by atoms with E-state index in [1.54, 1.807) is 0 Å². The van der Waals surface area contributed by atoms with Gasteiger partial charge >= 0.3 is 0 Å². The first-order valence-electron chi connectivity index (χ1n) is 5.61. The lowest BCUT2D eigenvalue weighted by molar-refractivity contribution is 1.12. The summed E-state index contributed by atoms with van der Waals surface area (Å²) in [7, 11) is 0. The van der Waals surface area contributed by atoms with Gasteiger partial charge in [-0.25, -0.2) is 0 Å². The Labute approximate surface area is 102 Å². The summed E-state index contributed by atoms with van der Waals surface area (Å²) in [5.41, 5.74) is 5.34. The molecule has 2 aromatic rings. The molecule has 0 amide bonds. The predicted molar refractivity (Wildman–Crippen MR) is 68.5 cm³/mol. The quantitative estimate of drug-likeness (QED) is 0.780. The molecule has 0 atom stereocenters. The Balaban J connectivity index is 2.49. The molecular formula is C15H14N2. The molecule has 1 aromatic heterocycles. The maximum absolute atomic E-state index is 8.69. The Morgan fingerprint density at radius 3 is 2.76 bits per heavy atom. The average molecular weight is 222 g/mol. The minimum absolute atomic E-state index is 0.360. The Bertz CT molecular complexity index is 580. The van der Waals surface area contributed by atoms with Crippen molar-refractivity contribution in [2.45, 2.75) is 20.3 Å². The van der Waals surface area contributed by atoms with E-state index in [4.69, 9.17) is 5.26 Å². The summed E-state index contributed by atoms with van der Waals surface area (Å²) in [6.45, 7) is 4.15. The van der Waals surface area contributed by atoms with Gasteiger partial charge in [0.1, 0.15) is 0 Å². The highest BCUT2D eigenvalue weighted by Gasteiger charge is 2.04. The Morgan fingerprint density at radius 1 is 1.18 bits per heavy atom. The monoisotopic (exact) mass is 222 g/mol. The van der Waals surface area contributed by atoms with E-state index in [1.165, 1.54) is 11.1 Å². The fourth-order valence-electron chi connectivity index (χ4n) is 1.82. The fraction of sp³-hybridized carbons (Fsp3) is 0.200. The summed E-state index contributed by atoms with van der Waals surface area (Å²) in [5, 5.41) is 8.69. The molecule has 0 unspecified atom stereocenters. The summed E-state index contributed by atoms with van der Waals surface area (Å²) in [6.07, 6.45) is 0.360. The molecule has 1 aromatic carbocycles. The van der Waals surface area contributed by atoms with Crippen LogP contribution in [0.2, 0.25) is 0 Å². The third kappa shape index (κ3) is 2.51. The predicted octanol–water partition coefficient (Wildman–Crippen LogP) is 3.43. The molecule has 0 N–H and O–H groups in total. The van der Waals surface area contributed by atoms with Crippen LogP contribution in [0.4, 0.5) is 0 Å². The van der Waals surface area contributed by atoms with E-state index >= 15 is 0 Å². The highest BCUT2D eigenvalue weighted by atomic mass is 14.7. The third-order valence-electron chi connectivity index (χ3n) is 2.74. The van der Waals surface area contributed by atoms with Gasteiger partial charge in [-0.2, -0.15) is 5.26 Å². The first kappa shape index (κ1) is 11.3. The summed E-state index contributed by atoms with van der Waals surface area (Å²) in [4.78, 5) is 4.51. The zero-order valence-electron chi connectivity index (χ0n) is 10.1. The maximum Gasteiger partial charge on any atom is 0.0774 e. The zero-order valence-corrected chi connectivity index (χ0v) is 10.1. The number of rotatable bonds is 2. The molecule has 2 heteroatoms. The van der Waals surface area contributed by atoms with Crippen molar-refractivity contribution >= 4 is 0 Å². The van der Waals surface area contributed by atoms with Crippen LogP contribution >= 0.6 is 0 Å². The maximum atomic E-state index is 8.69. The van der Waals surface area contributed by atoms with Crippen molar-refractivity contribution in [1.82, 2.24) is 4.98 Å². The topological polar surface area (TPSA) is 36.7 Å². The highest BCUT2D eigenvalue weighted by molar-refractivity contribution is 5.64. The Hall–Kier alpha value is -2.14. The summed E-state index contributed by atoms with van der Waals surface area (Å²) >= 11 is 0. The molecule has 1 heterocycles. The molecule has 0 aliphatic rings. The molecule has 0 radical (unpaired) electrons. The lowest BCUT2D eigenvalue weighted by atomic mass is 10.0. The average Bonchev–Trinajstić information content (AvgIpc) is 2.33. The second-order valence-electron chi connectivity index (χ2n) is 4.17. The number of benzene rings is 1. The van der Waals surface area contributed by atoms with E-state index in [2.05, 4.69) is 43.1 Å². The normalized spacial score (nSPS) is 9.94. The van der Waals surface area contributed by atoms with Crippen LogP contribution < -0.4 is 0 Å². The van der Waals surface area contributed by atoms with E-state index in [0.29, 0.717) is 6.42 Å². The summed E-state index contributed by atoms with van der Waals surface area (Å²) in [6, 6.07) is 14.3. The molecule has 2 rings (SSSR count). The molecular weight excluding hydrogens is 208 g/mol. The van der Waals surface area contributed by atoms with Gasteiger partial charge in [0.05, 0.1) is 23.9 Å². The molecule has 0 aliphatic carbocycles. The van der Waals surface area contributed by atoms with Crippen LogP contribution in [0.1, 0.15) is 16.8 Å². The van der Waals surface area contributed by atoms with Crippen molar-refractivity contribution in [1.29, 1.82) is 5.26 Å². The minimum Gasteiger partial charge on any atom is -0.252 e. The molecule has 0 fully saturated rings. The van der Waals surface area contributed by atoms with Crippen LogP contribution in [-0.2, 0) is 6.42 Å². The molecule has 2 nitrogen and oxygen atoms in total. The summed E-state index contributed by atoms with van der Waals surface area (Å²) < 4.78 is 0. The van der Waals surface area contributed by atoms with Gasteiger partial charge in [0.25, 0.3) is 0 Å². The number of aryl methyl sites for hydroxylation is 2. The largest absolute Gasteiger partial charge is 0.252 e. The van der Waals surface area contributed by atoms with Gasteiger partial charge in [0.15, 0.2) is 0 Å². The SMILES string of the molecule is Cc1ccc(C)c(-c2cccc(CC#N)n2)c1. The van der Waals surface area contributed by atoms with E-state index in [9.17, 15) is 0 Å². The van der Waals surface area contributed by atoms with Crippen LogP contribution in [0.25, 0.3) is 11.3 Å². The molecule has 0 saturated heterocycles. The number of pyridine rings is 1. The fourth-order valence-corrected chi connectivity index (χ4v) is 1.82. The molecule has 84 valence electrons. The number of hydrogen-bond acceptors (Lipinski definition) is 2. The van der Waals surface area contributed by atoms with E-state index in [-0.39, 0.29) is 0 Å². The Kier molecular flexibility index (Phi) is 3.20. The van der Waals surface area contributed by atoms with Crippen LogP contribution in [-0.4, -0.2) is 4.98 Å². The van der Waals surface area contributed by atoms with Crippen LogP contribution in [0, 0.1) is 25.2 Å². The minimum atomic E-state index is 0.360. The smallest absolute Gasteiger partial charge is 0.0774 e. The molecule has 0 bridgehead atoms. The van der Waals surface area contributed by atoms with Crippen molar-refractivity contribution in [3.8, 4) is 17.3 Å². The molecule has 0 aliphatic heterocycles. The number of hydrogen-bond donors (Lipinski definition) is 0. The molecule has 0 spiro atoms.